The molecule has 1 amide bonds. The van der Waals surface area contributed by atoms with Crippen molar-refractivity contribution in [3.63, 3.8) is 0 Å². The Morgan fingerprint density at radius 2 is 1.79 bits per heavy atom. The number of hydrogen-bond acceptors (Lipinski definition) is 2. The zero-order chi connectivity index (χ0) is 12.6. The molecule has 1 atom stereocenters. The van der Waals surface area contributed by atoms with E-state index in [-0.39, 0.29) is 12.8 Å². The number of hydrogen-bond donors (Lipinski definition) is 0. The van der Waals surface area contributed by atoms with Crippen molar-refractivity contribution in [2.75, 3.05) is 26.7 Å². The second-order valence-electron chi connectivity index (χ2n) is 6.62. The fraction of sp³-hybridized carbons (Fsp3) is 0.938. The van der Waals surface area contributed by atoms with Crippen LogP contribution in [0.2, 0.25) is 0 Å². The predicted molar refractivity (Wildman–Crippen MR) is 79.1 cm³/mol. The Bertz CT molecular complexity index is 321. The van der Waals surface area contributed by atoms with Gasteiger partial charge in [-0.05, 0) is 38.6 Å². The van der Waals surface area contributed by atoms with Crippen molar-refractivity contribution in [2.45, 2.75) is 64.8 Å². The molecule has 1 aliphatic carbocycles. The number of rotatable bonds is 1. The zero-order valence-corrected chi connectivity index (χ0v) is 11.7. The van der Waals surface area contributed by atoms with Gasteiger partial charge in [-0.15, -0.1) is 0 Å². The summed E-state index contributed by atoms with van der Waals surface area (Å²) >= 11 is 0. The molecule has 19 heavy (non-hydrogen) atoms. The largest absolute Gasteiger partial charge is 0.345 e. The van der Waals surface area contributed by atoms with E-state index < -0.39 is 0 Å². The standard InChI is InChI=1S/C15H26N2O.CH4/c1-16-11-9-15(14(16)18)8-5-10-17(12-15)13-6-3-2-4-7-13;/h13H,2-12H2,1H3;1H4. The van der Waals surface area contributed by atoms with Crippen LogP contribution in [0.25, 0.3) is 0 Å². The van der Waals surface area contributed by atoms with Gasteiger partial charge < -0.3 is 4.90 Å². The molecule has 3 rings (SSSR count). The van der Waals surface area contributed by atoms with Crippen LogP contribution in [0.15, 0.2) is 0 Å². The summed E-state index contributed by atoms with van der Waals surface area (Å²) in [7, 11) is 1.97. The van der Waals surface area contributed by atoms with E-state index >= 15 is 0 Å². The van der Waals surface area contributed by atoms with E-state index in [4.69, 9.17) is 0 Å². The first kappa shape index (κ1) is 14.8. The van der Waals surface area contributed by atoms with Gasteiger partial charge in [0.25, 0.3) is 0 Å². The van der Waals surface area contributed by atoms with E-state index in [0.717, 1.165) is 32.0 Å². The molecule has 0 aromatic rings. The summed E-state index contributed by atoms with van der Waals surface area (Å²) in [6.07, 6.45) is 10.3. The van der Waals surface area contributed by atoms with Gasteiger partial charge in [0.1, 0.15) is 0 Å². The van der Waals surface area contributed by atoms with Crippen molar-refractivity contribution in [3.8, 4) is 0 Å². The molecule has 110 valence electrons. The lowest BCUT2D eigenvalue weighted by molar-refractivity contribution is -0.138. The van der Waals surface area contributed by atoms with E-state index in [1.165, 1.54) is 45.1 Å². The van der Waals surface area contributed by atoms with E-state index in [9.17, 15) is 4.79 Å². The number of piperidine rings is 1. The first-order chi connectivity index (χ1) is 8.71. The van der Waals surface area contributed by atoms with Crippen LogP contribution in [0.4, 0.5) is 0 Å². The average molecular weight is 266 g/mol. The first-order valence-corrected chi connectivity index (χ1v) is 7.71. The number of carbonyl (C=O) groups is 1. The Morgan fingerprint density at radius 1 is 1.05 bits per heavy atom. The van der Waals surface area contributed by atoms with Crippen molar-refractivity contribution in [1.82, 2.24) is 9.80 Å². The highest BCUT2D eigenvalue weighted by Crippen LogP contribution is 2.41. The van der Waals surface area contributed by atoms with Crippen molar-refractivity contribution in [3.05, 3.63) is 0 Å². The second kappa shape index (κ2) is 5.82. The number of nitrogens with zero attached hydrogens (tertiary/aromatic N) is 2. The molecule has 0 aromatic heterocycles. The topological polar surface area (TPSA) is 23.6 Å². The first-order valence-electron chi connectivity index (χ1n) is 7.71. The van der Waals surface area contributed by atoms with E-state index in [0.29, 0.717) is 5.91 Å². The minimum Gasteiger partial charge on any atom is -0.345 e. The summed E-state index contributed by atoms with van der Waals surface area (Å²) in [6, 6.07) is 0.773. The summed E-state index contributed by atoms with van der Waals surface area (Å²) in [5, 5.41) is 0. The molecule has 1 unspecified atom stereocenters. The van der Waals surface area contributed by atoms with Crippen LogP contribution in [0, 0.1) is 5.41 Å². The van der Waals surface area contributed by atoms with Gasteiger partial charge in [0.2, 0.25) is 5.91 Å². The highest BCUT2D eigenvalue weighted by molar-refractivity contribution is 5.85. The fourth-order valence-electron chi connectivity index (χ4n) is 4.30. The van der Waals surface area contributed by atoms with E-state index in [1.54, 1.807) is 0 Å². The molecule has 0 N–H and O–H groups in total. The lowest BCUT2D eigenvalue weighted by atomic mass is 9.77. The number of amides is 1. The van der Waals surface area contributed by atoms with Gasteiger partial charge >= 0.3 is 0 Å². The molecule has 0 radical (unpaired) electrons. The van der Waals surface area contributed by atoms with Gasteiger partial charge in [-0.1, -0.05) is 26.7 Å². The van der Waals surface area contributed by atoms with Gasteiger partial charge in [0.05, 0.1) is 5.41 Å². The van der Waals surface area contributed by atoms with Crippen molar-refractivity contribution < 1.29 is 4.79 Å². The molecule has 1 spiro atoms. The summed E-state index contributed by atoms with van der Waals surface area (Å²) in [6.45, 7) is 3.24. The highest BCUT2D eigenvalue weighted by atomic mass is 16.2. The SMILES string of the molecule is C.CN1CCC2(CCCN(C3CCCCC3)C2)C1=O. The minimum atomic E-state index is -0.00948. The molecule has 2 saturated heterocycles. The minimum absolute atomic E-state index is 0. The second-order valence-corrected chi connectivity index (χ2v) is 6.62. The summed E-state index contributed by atoms with van der Waals surface area (Å²) in [4.78, 5) is 17.0. The van der Waals surface area contributed by atoms with Crippen LogP contribution in [-0.4, -0.2) is 48.4 Å². The van der Waals surface area contributed by atoms with Crippen LogP contribution >= 0.6 is 0 Å². The Labute approximate surface area is 118 Å². The fourth-order valence-corrected chi connectivity index (χ4v) is 4.30. The van der Waals surface area contributed by atoms with Crippen LogP contribution in [0.5, 0.6) is 0 Å². The molecule has 1 saturated carbocycles. The van der Waals surface area contributed by atoms with Gasteiger partial charge in [0, 0.05) is 26.2 Å². The molecular formula is C16H30N2O. The maximum absolute atomic E-state index is 12.4. The van der Waals surface area contributed by atoms with Crippen LogP contribution in [0.1, 0.15) is 58.8 Å². The Kier molecular flexibility index (Phi) is 4.54. The molecule has 3 aliphatic rings. The maximum atomic E-state index is 12.4. The molecule has 0 aromatic carbocycles. The molecule has 3 heteroatoms. The van der Waals surface area contributed by atoms with Gasteiger partial charge in [-0.25, -0.2) is 0 Å². The summed E-state index contributed by atoms with van der Waals surface area (Å²) in [5.74, 6) is 0.419. The third-order valence-electron chi connectivity index (χ3n) is 5.42. The summed E-state index contributed by atoms with van der Waals surface area (Å²) < 4.78 is 0. The number of carbonyl (C=O) groups excluding carboxylic acids is 1. The van der Waals surface area contributed by atoms with Gasteiger partial charge in [-0.2, -0.15) is 0 Å². The van der Waals surface area contributed by atoms with Crippen molar-refractivity contribution in [2.24, 2.45) is 5.41 Å². The lowest BCUT2D eigenvalue weighted by Gasteiger charge is -2.44. The average Bonchev–Trinajstić information content (AvgIpc) is 2.69. The van der Waals surface area contributed by atoms with Crippen LogP contribution < -0.4 is 0 Å². The van der Waals surface area contributed by atoms with Crippen LogP contribution in [0.3, 0.4) is 0 Å². The molecule has 2 aliphatic heterocycles. The molecule has 3 nitrogen and oxygen atoms in total. The van der Waals surface area contributed by atoms with Crippen molar-refractivity contribution >= 4 is 5.91 Å². The predicted octanol–water partition coefficient (Wildman–Crippen LogP) is 2.90. The third-order valence-corrected chi connectivity index (χ3v) is 5.42. The van der Waals surface area contributed by atoms with Gasteiger partial charge in [0.15, 0.2) is 0 Å². The number of likely N-dealkylation sites (tertiary alicyclic amines) is 2. The smallest absolute Gasteiger partial charge is 0.229 e. The van der Waals surface area contributed by atoms with E-state index in [1.807, 2.05) is 11.9 Å². The summed E-state index contributed by atoms with van der Waals surface area (Å²) in [5.41, 5.74) is -0.00948. The molecule has 2 heterocycles. The van der Waals surface area contributed by atoms with Gasteiger partial charge in [-0.3, -0.25) is 9.69 Å². The zero-order valence-electron chi connectivity index (χ0n) is 11.7. The molecular weight excluding hydrogens is 236 g/mol. The quantitative estimate of drug-likeness (QED) is 0.728. The normalized spacial score (nSPS) is 33.7. The van der Waals surface area contributed by atoms with Crippen LogP contribution in [-0.2, 0) is 4.79 Å². The Morgan fingerprint density at radius 3 is 2.42 bits per heavy atom. The van der Waals surface area contributed by atoms with E-state index in [2.05, 4.69) is 4.90 Å². The van der Waals surface area contributed by atoms with Crippen molar-refractivity contribution in [1.29, 1.82) is 0 Å². The Balaban J connectivity index is 0.00000133. The molecule has 0 bridgehead atoms. The highest BCUT2D eigenvalue weighted by Gasteiger charge is 2.48. The molecule has 3 fully saturated rings. The third kappa shape index (κ3) is 2.67. The maximum Gasteiger partial charge on any atom is 0.229 e. The lowest BCUT2D eigenvalue weighted by Crippen LogP contribution is -2.51. The Hall–Kier alpha value is -0.570. The monoisotopic (exact) mass is 266 g/mol.